The summed E-state index contributed by atoms with van der Waals surface area (Å²) < 4.78 is 0. The Kier molecular flexibility index (Phi) is 14.9. The molecule has 0 heterocycles. The van der Waals surface area contributed by atoms with Gasteiger partial charge in [-0.05, 0) is 18.9 Å². The van der Waals surface area contributed by atoms with Crippen LogP contribution >= 0.6 is 0 Å². The van der Waals surface area contributed by atoms with Gasteiger partial charge in [0.25, 0.3) is 0 Å². The van der Waals surface area contributed by atoms with Crippen LogP contribution in [-0.4, -0.2) is 34.1 Å². The van der Waals surface area contributed by atoms with Crippen molar-refractivity contribution in [3.05, 3.63) is 11.8 Å². The minimum absolute atomic E-state index is 0.117. The van der Waals surface area contributed by atoms with Gasteiger partial charge in [0.1, 0.15) is 11.9 Å². The van der Waals surface area contributed by atoms with E-state index in [0.717, 1.165) is 19.3 Å². The molecular weight excluding hydrogens is 278 g/mol. The normalized spacial score (nSPS) is 15.0. The molecule has 0 aromatic carbocycles. The van der Waals surface area contributed by atoms with E-state index >= 15 is 0 Å². The third kappa shape index (κ3) is 12.0. The molecule has 0 aliphatic heterocycles. The molecule has 4 nitrogen and oxygen atoms in total. The second-order valence-electron chi connectivity index (χ2n) is 6.24. The fourth-order valence-corrected chi connectivity index (χ4v) is 2.50. The largest absolute Gasteiger partial charge is 0.510 e. The van der Waals surface area contributed by atoms with Crippen LogP contribution in [-0.2, 0) is 0 Å². The standard InChI is InChI=1S/C18H37NO3/c1-2-3-4-5-6-7-8-9-10-11-12-13-14-17(21)18(22)16(19)15-20/h14,16,18,20-22H,2-13,15,19H2,1H3/b17-14-. The van der Waals surface area contributed by atoms with Crippen molar-refractivity contribution < 1.29 is 15.3 Å². The second-order valence-corrected chi connectivity index (χ2v) is 6.24. The van der Waals surface area contributed by atoms with Crippen molar-refractivity contribution in [3.8, 4) is 0 Å². The van der Waals surface area contributed by atoms with Crippen molar-refractivity contribution in [2.75, 3.05) is 6.61 Å². The molecule has 0 fully saturated rings. The highest BCUT2D eigenvalue weighted by atomic mass is 16.3. The Balaban J connectivity index is 3.39. The Bertz CT molecular complexity index is 269. The number of rotatable bonds is 15. The van der Waals surface area contributed by atoms with E-state index in [1.807, 2.05) is 0 Å². The average Bonchev–Trinajstić information content (AvgIpc) is 2.54. The SMILES string of the molecule is CCCCCCCCCCCCC/C=C(\O)C(O)C(N)CO. The van der Waals surface area contributed by atoms with Gasteiger partial charge < -0.3 is 21.1 Å². The highest BCUT2D eigenvalue weighted by molar-refractivity contribution is 5.01. The Morgan fingerprint density at radius 3 is 1.82 bits per heavy atom. The minimum atomic E-state index is -1.15. The predicted octanol–water partition coefficient (Wildman–Crippen LogP) is 3.81. The number of aliphatic hydroxyl groups excluding tert-OH is 3. The first-order valence-corrected chi connectivity index (χ1v) is 9.07. The van der Waals surface area contributed by atoms with Gasteiger partial charge in [0.2, 0.25) is 0 Å². The van der Waals surface area contributed by atoms with E-state index in [1.165, 1.54) is 57.8 Å². The van der Waals surface area contributed by atoms with E-state index in [1.54, 1.807) is 6.08 Å². The zero-order valence-corrected chi connectivity index (χ0v) is 14.3. The van der Waals surface area contributed by atoms with Gasteiger partial charge in [-0.15, -0.1) is 0 Å². The maximum Gasteiger partial charge on any atom is 0.128 e. The monoisotopic (exact) mass is 315 g/mol. The Morgan fingerprint density at radius 1 is 0.909 bits per heavy atom. The molecular formula is C18H37NO3. The number of hydrogen-bond acceptors (Lipinski definition) is 4. The highest BCUT2D eigenvalue weighted by Crippen LogP contribution is 2.12. The number of nitrogens with two attached hydrogens (primary N) is 1. The first kappa shape index (κ1) is 21.4. The van der Waals surface area contributed by atoms with Crippen LogP contribution in [0.1, 0.15) is 84.0 Å². The van der Waals surface area contributed by atoms with Crippen LogP contribution in [0, 0.1) is 0 Å². The van der Waals surface area contributed by atoms with Gasteiger partial charge >= 0.3 is 0 Å². The molecule has 22 heavy (non-hydrogen) atoms. The van der Waals surface area contributed by atoms with Gasteiger partial charge in [-0.2, -0.15) is 0 Å². The number of hydrogen-bond donors (Lipinski definition) is 4. The van der Waals surface area contributed by atoms with E-state index in [2.05, 4.69) is 6.92 Å². The van der Waals surface area contributed by atoms with Crippen LogP contribution in [0.25, 0.3) is 0 Å². The molecule has 2 unspecified atom stereocenters. The highest BCUT2D eigenvalue weighted by Gasteiger charge is 2.17. The third-order valence-corrected chi connectivity index (χ3v) is 4.08. The molecule has 4 heteroatoms. The lowest BCUT2D eigenvalue weighted by molar-refractivity contribution is 0.0983. The van der Waals surface area contributed by atoms with Crippen LogP contribution in [0.3, 0.4) is 0 Å². The number of aliphatic hydroxyl groups is 3. The summed E-state index contributed by atoms with van der Waals surface area (Å²) in [6.07, 6.45) is 15.4. The molecule has 0 bridgehead atoms. The molecule has 132 valence electrons. The lowest BCUT2D eigenvalue weighted by atomic mass is 10.0. The van der Waals surface area contributed by atoms with Crippen LogP contribution < -0.4 is 5.73 Å². The quantitative estimate of drug-likeness (QED) is 0.273. The molecule has 0 radical (unpaired) electrons. The lowest BCUT2D eigenvalue weighted by Gasteiger charge is -2.15. The van der Waals surface area contributed by atoms with Gasteiger partial charge in [-0.25, -0.2) is 0 Å². The van der Waals surface area contributed by atoms with E-state index < -0.39 is 12.1 Å². The molecule has 0 aliphatic rings. The Morgan fingerprint density at radius 2 is 1.36 bits per heavy atom. The predicted molar refractivity (Wildman–Crippen MR) is 92.9 cm³/mol. The molecule has 0 aliphatic carbocycles. The minimum Gasteiger partial charge on any atom is -0.510 e. The van der Waals surface area contributed by atoms with Crippen molar-refractivity contribution in [2.45, 2.75) is 96.1 Å². The van der Waals surface area contributed by atoms with Crippen LogP contribution in [0.4, 0.5) is 0 Å². The number of unbranched alkanes of at least 4 members (excludes halogenated alkanes) is 11. The number of allylic oxidation sites excluding steroid dienone is 1. The van der Waals surface area contributed by atoms with Gasteiger partial charge in [0.15, 0.2) is 0 Å². The molecule has 0 rings (SSSR count). The van der Waals surface area contributed by atoms with Crippen LogP contribution in [0.15, 0.2) is 11.8 Å². The maximum atomic E-state index is 9.60. The summed E-state index contributed by atoms with van der Waals surface area (Å²) in [6, 6.07) is -0.812. The van der Waals surface area contributed by atoms with E-state index in [-0.39, 0.29) is 12.4 Å². The summed E-state index contributed by atoms with van der Waals surface area (Å²) in [4.78, 5) is 0. The molecule has 0 aromatic heterocycles. The summed E-state index contributed by atoms with van der Waals surface area (Å²) in [5, 5.41) is 28.0. The molecule has 0 spiro atoms. The fourth-order valence-electron chi connectivity index (χ4n) is 2.50. The third-order valence-electron chi connectivity index (χ3n) is 4.08. The maximum absolute atomic E-state index is 9.60. The van der Waals surface area contributed by atoms with Crippen molar-refractivity contribution in [3.63, 3.8) is 0 Å². The van der Waals surface area contributed by atoms with E-state index in [4.69, 9.17) is 10.8 Å². The van der Waals surface area contributed by atoms with Gasteiger partial charge in [0, 0.05) is 0 Å². The van der Waals surface area contributed by atoms with Crippen LogP contribution in [0.5, 0.6) is 0 Å². The first-order chi connectivity index (χ1) is 10.6. The zero-order chi connectivity index (χ0) is 16.6. The summed E-state index contributed by atoms with van der Waals surface area (Å²) in [7, 11) is 0. The zero-order valence-electron chi connectivity index (χ0n) is 14.3. The Labute approximate surface area is 136 Å². The Hall–Kier alpha value is -0.580. The topological polar surface area (TPSA) is 86.7 Å². The lowest BCUT2D eigenvalue weighted by Crippen LogP contribution is -2.39. The van der Waals surface area contributed by atoms with E-state index in [0.29, 0.717) is 0 Å². The average molecular weight is 315 g/mol. The smallest absolute Gasteiger partial charge is 0.128 e. The van der Waals surface area contributed by atoms with Gasteiger partial charge in [0.05, 0.1) is 12.6 Å². The summed E-state index contributed by atoms with van der Waals surface area (Å²) in [5.41, 5.74) is 5.45. The molecule has 0 saturated carbocycles. The van der Waals surface area contributed by atoms with Crippen molar-refractivity contribution >= 4 is 0 Å². The molecule has 0 saturated heterocycles. The fraction of sp³-hybridized carbons (Fsp3) is 0.889. The summed E-state index contributed by atoms with van der Waals surface area (Å²) in [6.45, 7) is 1.91. The summed E-state index contributed by atoms with van der Waals surface area (Å²) >= 11 is 0. The van der Waals surface area contributed by atoms with Crippen molar-refractivity contribution in [2.24, 2.45) is 5.73 Å². The van der Waals surface area contributed by atoms with Crippen molar-refractivity contribution in [1.29, 1.82) is 0 Å². The van der Waals surface area contributed by atoms with Gasteiger partial charge in [-0.3, -0.25) is 0 Å². The molecule has 0 aromatic rings. The van der Waals surface area contributed by atoms with Gasteiger partial charge in [-0.1, -0.05) is 71.1 Å². The first-order valence-electron chi connectivity index (χ1n) is 9.07. The van der Waals surface area contributed by atoms with Crippen LogP contribution in [0.2, 0.25) is 0 Å². The summed E-state index contributed by atoms with van der Waals surface area (Å²) in [5.74, 6) is -0.117. The molecule has 2 atom stereocenters. The van der Waals surface area contributed by atoms with E-state index in [9.17, 15) is 10.2 Å². The molecule has 5 N–H and O–H groups in total. The molecule has 0 amide bonds. The second kappa shape index (κ2) is 15.3. The van der Waals surface area contributed by atoms with Crippen molar-refractivity contribution in [1.82, 2.24) is 0 Å².